The molecule has 0 unspecified atom stereocenters. The molecule has 0 N–H and O–H groups in total. The largest absolute Gasteiger partial charge is 0 e. The molecule has 2 aliphatic carbocycles. The summed E-state index contributed by atoms with van der Waals surface area (Å²) in [4.78, 5) is 29.7. The molecular weight excluding hydrogens is 408 g/mol. The van der Waals surface area contributed by atoms with Crippen LogP contribution in [0.2, 0.25) is 0 Å². The van der Waals surface area contributed by atoms with Gasteiger partial charge in [-0.2, -0.15) is 0 Å². The fourth-order valence-corrected chi connectivity index (χ4v) is 1.70. The number of carbonyl (C=O) groups excluding carboxylic acids is 3. The molecule has 0 heterocycles. The van der Waals surface area contributed by atoms with Crippen LogP contribution in [-0.2, 0) is 50.2 Å². The van der Waals surface area contributed by atoms with E-state index in [4.69, 9.17) is 23.6 Å². The molecule has 0 fully saturated rings. The molecule has 7 nitrogen and oxygen atoms in total. The Kier molecular flexibility index (Phi) is 31.7. The van der Waals surface area contributed by atoms with Gasteiger partial charge in [0.1, 0.15) is 17.8 Å². The molecular formula is C20H24FeO7. The van der Waals surface area contributed by atoms with Gasteiger partial charge in [-0.15, -0.1) is 0 Å². The predicted molar refractivity (Wildman–Crippen MR) is 96.0 cm³/mol. The number of carbonyl (C=O) groups is 3. The van der Waals surface area contributed by atoms with Crippen molar-refractivity contribution >= 4 is 18.2 Å². The first-order valence-electron chi connectivity index (χ1n) is 7.88. The van der Waals surface area contributed by atoms with Crippen molar-refractivity contribution in [1.29, 1.82) is 0 Å². The Hall–Kier alpha value is -2.43. The maximum Gasteiger partial charge on any atom is 0 e. The van der Waals surface area contributed by atoms with Crippen molar-refractivity contribution in [3.8, 4) is 0 Å². The minimum atomic E-state index is -0.235. The Labute approximate surface area is 176 Å². The number of hydrogen-bond donors (Lipinski definition) is 0. The van der Waals surface area contributed by atoms with Crippen LogP contribution in [0.4, 0.5) is 0 Å². The van der Waals surface area contributed by atoms with Gasteiger partial charge in [0.05, 0.1) is 0 Å². The minimum absolute atomic E-state index is 0. The van der Waals surface area contributed by atoms with Crippen LogP contribution in [0.15, 0.2) is 48.0 Å². The summed E-state index contributed by atoms with van der Waals surface area (Å²) < 4.78 is 24.7. The van der Waals surface area contributed by atoms with Crippen LogP contribution in [0.3, 0.4) is 0 Å². The first-order valence-corrected chi connectivity index (χ1v) is 7.88. The topological polar surface area (TPSA) is 109 Å². The zero-order chi connectivity index (χ0) is 21.5. The van der Waals surface area contributed by atoms with E-state index in [1.165, 1.54) is 20.8 Å². The zero-order valence-corrected chi connectivity index (χ0v) is 17.2. The SMILES string of the molecule is CC(=O)OC1=CC=CCC1.CC(=O)OC1=CC=CCC1.CC=O.[C-]#[O+].[C-]#[O+].[Fe]. The molecule has 0 spiro atoms. The van der Waals surface area contributed by atoms with Crippen molar-refractivity contribution in [2.45, 2.75) is 46.5 Å². The van der Waals surface area contributed by atoms with Crippen molar-refractivity contribution in [3.63, 3.8) is 0 Å². The van der Waals surface area contributed by atoms with Gasteiger partial charge in [0.15, 0.2) is 0 Å². The van der Waals surface area contributed by atoms with Crippen molar-refractivity contribution in [1.82, 2.24) is 0 Å². The van der Waals surface area contributed by atoms with Crippen LogP contribution < -0.4 is 0 Å². The predicted octanol–water partition coefficient (Wildman–Crippen LogP) is 3.69. The summed E-state index contributed by atoms with van der Waals surface area (Å²) >= 11 is 0. The zero-order valence-electron chi connectivity index (χ0n) is 16.1. The van der Waals surface area contributed by atoms with E-state index >= 15 is 0 Å². The fraction of sp³-hybridized carbons (Fsp3) is 0.350. The number of hydrogen-bond acceptors (Lipinski definition) is 5. The summed E-state index contributed by atoms with van der Waals surface area (Å²) in [5.74, 6) is 1.08. The maximum absolute atomic E-state index is 10.4. The average molecular weight is 432 g/mol. The van der Waals surface area contributed by atoms with Gasteiger partial charge in [-0.05, 0) is 31.9 Å². The fourth-order valence-electron chi connectivity index (χ4n) is 1.70. The van der Waals surface area contributed by atoms with Gasteiger partial charge in [-0.1, -0.05) is 24.3 Å². The molecule has 0 saturated heterocycles. The number of allylic oxidation sites excluding steroid dienone is 8. The van der Waals surface area contributed by atoms with Crippen LogP contribution in [0.25, 0.3) is 0 Å². The second kappa shape index (κ2) is 26.8. The molecule has 0 saturated carbocycles. The summed E-state index contributed by atoms with van der Waals surface area (Å²) in [5, 5.41) is 0. The number of ether oxygens (including phenoxy) is 2. The second-order valence-corrected chi connectivity index (χ2v) is 4.62. The van der Waals surface area contributed by atoms with Crippen LogP contribution in [0.1, 0.15) is 46.5 Å². The molecule has 0 atom stereocenters. The van der Waals surface area contributed by atoms with Gasteiger partial charge in [-0.3, -0.25) is 9.59 Å². The van der Waals surface area contributed by atoms with Gasteiger partial charge < -0.3 is 14.3 Å². The molecule has 2 aliphatic rings. The first-order chi connectivity index (χ1) is 13.0. The van der Waals surface area contributed by atoms with Gasteiger partial charge in [0.25, 0.3) is 0 Å². The van der Waals surface area contributed by atoms with Gasteiger partial charge in [-0.25, -0.2) is 0 Å². The second-order valence-electron chi connectivity index (χ2n) is 4.62. The van der Waals surface area contributed by atoms with Crippen molar-refractivity contribution in [3.05, 3.63) is 61.3 Å². The van der Waals surface area contributed by atoms with Crippen molar-refractivity contribution in [2.24, 2.45) is 0 Å². The third-order valence-electron chi connectivity index (χ3n) is 2.50. The molecule has 0 radical (unpaired) electrons. The molecule has 8 heteroatoms. The Bertz CT molecular complexity index is 546. The number of aldehydes is 1. The smallest absolute Gasteiger partial charge is 0 e. The van der Waals surface area contributed by atoms with E-state index in [-0.39, 0.29) is 29.0 Å². The normalized spacial score (nSPS) is 12.2. The van der Waals surface area contributed by atoms with E-state index in [0.717, 1.165) is 43.5 Å². The van der Waals surface area contributed by atoms with Crippen LogP contribution >= 0.6 is 0 Å². The summed E-state index contributed by atoms with van der Waals surface area (Å²) in [6.45, 7) is 13.3. The molecule has 154 valence electrons. The van der Waals surface area contributed by atoms with E-state index in [2.05, 4.69) is 13.3 Å². The summed E-state index contributed by atoms with van der Waals surface area (Å²) in [7, 11) is 0. The molecule has 0 bridgehead atoms. The van der Waals surface area contributed by atoms with E-state index < -0.39 is 0 Å². The van der Waals surface area contributed by atoms with E-state index in [9.17, 15) is 9.59 Å². The molecule has 28 heavy (non-hydrogen) atoms. The molecule has 0 aliphatic heterocycles. The minimum Gasteiger partial charge on any atom is 0 e. The van der Waals surface area contributed by atoms with E-state index in [1.54, 1.807) is 0 Å². The molecule has 0 aromatic heterocycles. The Morgan fingerprint density at radius 1 is 0.893 bits per heavy atom. The molecule has 2 rings (SSSR count). The standard InChI is InChI=1S/2C8H10O2.C2H4O.2CO.Fe/c2*1-7(9)10-8-5-3-2-4-6-8;1-2-3;2*1-2;/h2*2-3,5H,4,6H2,1H3;2H,1H3;;;. The maximum atomic E-state index is 10.4. The average Bonchev–Trinajstić information content (AvgIpc) is 2.67. The molecule has 0 amide bonds. The molecule has 0 aromatic rings. The van der Waals surface area contributed by atoms with E-state index in [1.807, 2.05) is 36.5 Å². The number of rotatable bonds is 2. The summed E-state index contributed by atoms with van der Waals surface area (Å²) in [5.41, 5.74) is 0. The van der Waals surface area contributed by atoms with Crippen molar-refractivity contribution in [2.75, 3.05) is 0 Å². The summed E-state index contributed by atoms with van der Waals surface area (Å²) in [6.07, 6.45) is 15.9. The first kappa shape index (κ1) is 33.2. The van der Waals surface area contributed by atoms with Crippen LogP contribution in [-0.4, -0.2) is 18.2 Å². The Morgan fingerprint density at radius 3 is 1.36 bits per heavy atom. The van der Waals surface area contributed by atoms with Crippen LogP contribution in [0.5, 0.6) is 0 Å². The quantitative estimate of drug-likeness (QED) is 0.217. The van der Waals surface area contributed by atoms with Gasteiger partial charge in [0.2, 0.25) is 0 Å². The van der Waals surface area contributed by atoms with E-state index in [0.29, 0.717) is 0 Å². The monoisotopic (exact) mass is 432 g/mol. The Morgan fingerprint density at radius 2 is 1.18 bits per heavy atom. The summed E-state index contributed by atoms with van der Waals surface area (Å²) in [6, 6.07) is 0. The van der Waals surface area contributed by atoms with Crippen molar-refractivity contribution < 1.29 is 50.2 Å². The Balaban J connectivity index is -0.000000152. The van der Waals surface area contributed by atoms with Gasteiger partial charge in [0, 0.05) is 43.8 Å². The molecule has 0 aromatic carbocycles. The third-order valence-corrected chi connectivity index (χ3v) is 2.50. The number of esters is 2. The van der Waals surface area contributed by atoms with Crippen LogP contribution in [0, 0.1) is 13.3 Å². The van der Waals surface area contributed by atoms with Gasteiger partial charge >= 0.3 is 34.5 Å². The third kappa shape index (κ3) is 25.8.